The van der Waals surface area contributed by atoms with Crippen molar-refractivity contribution >= 4 is 29.2 Å². The van der Waals surface area contributed by atoms with Crippen LogP contribution in [0.5, 0.6) is 5.75 Å². The Hall–Kier alpha value is -3.86. The van der Waals surface area contributed by atoms with Gasteiger partial charge in [-0.1, -0.05) is 0 Å². The Labute approximate surface area is 194 Å². The predicted molar refractivity (Wildman–Crippen MR) is 122 cm³/mol. The molecule has 8 nitrogen and oxygen atoms in total. The van der Waals surface area contributed by atoms with Crippen molar-refractivity contribution in [3.05, 3.63) is 66.1 Å². The highest BCUT2D eigenvalue weighted by molar-refractivity contribution is 6.06. The molecule has 0 aliphatic heterocycles. The molecule has 3 N–H and O–H groups in total. The van der Waals surface area contributed by atoms with Crippen LogP contribution in [0.4, 0.5) is 41.1 Å². The van der Waals surface area contributed by atoms with Gasteiger partial charge in [0.15, 0.2) is 11.6 Å². The first-order valence-electron chi connectivity index (χ1n) is 10.2. The van der Waals surface area contributed by atoms with E-state index in [0.717, 1.165) is 4.90 Å². The molecule has 0 aliphatic rings. The molecule has 2 amide bonds. The second kappa shape index (κ2) is 9.96. The van der Waals surface area contributed by atoms with Crippen LogP contribution in [0.1, 0.15) is 20.8 Å². The van der Waals surface area contributed by atoms with Gasteiger partial charge in [0, 0.05) is 24.4 Å². The largest absolute Gasteiger partial charge is 0.497 e. The Morgan fingerprint density at radius 2 is 1.74 bits per heavy atom. The molecule has 180 valence electrons. The quantitative estimate of drug-likeness (QED) is 0.452. The Bertz CT molecular complexity index is 1150. The van der Waals surface area contributed by atoms with Crippen molar-refractivity contribution < 1.29 is 27.8 Å². The number of anilines is 4. The van der Waals surface area contributed by atoms with E-state index in [-0.39, 0.29) is 11.8 Å². The number of rotatable bonds is 7. The summed E-state index contributed by atoms with van der Waals surface area (Å²) in [5.41, 5.74) is -1.61. The first kappa shape index (κ1) is 24.8. The number of hydrogen-bond donors (Lipinski definition) is 3. The number of benzene rings is 2. The van der Waals surface area contributed by atoms with Crippen LogP contribution in [0.2, 0.25) is 0 Å². The molecule has 0 saturated heterocycles. The second-order valence-corrected chi connectivity index (χ2v) is 7.97. The third kappa shape index (κ3) is 5.73. The number of nitrogens with zero attached hydrogens (tertiary/aromatic N) is 3. The monoisotopic (exact) mass is 475 g/mol. The topological polar surface area (TPSA) is 99.6 Å². The van der Waals surface area contributed by atoms with Gasteiger partial charge in [0.1, 0.15) is 23.1 Å². The van der Waals surface area contributed by atoms with Gasteiger partial charge in [0.05, 0.1) is 24.4 Å². The molecule has 3 aromatic rings. The van der Waals surface area contributed by atoms with Gasteiger partial charge in [0.25, 0.3) is 0 Å². The van der Waals surface area contributed by atoms with Gasteiger partial charge in [-0.15, -0.1) is 0 Å². The first-order valence-corrected chi connectivity index (χ1v) is 10.2. The number of carbonyl (C=O) groups excluding carboxylic acids is 1. The SMILES string of the molecule is COc1ccc(N(C(=O)Nc2c(F)cc(F)cc2F)c2ccnc(N[C@@H](C)C(C)(C)O)n2)cc1. The Balaban J connectivity index is 2.01. The minimum absolute atomic E-state index is 0.0611. The van der Waals surface area contributed by atoms with Crippen molar-refractivity contribution in [3.8, 4) is 5.75 Å². The van der Waals surface area contributed by atoms with Crippen molar-refractivity contribution in [1.29, 1.82) is 0 Å². The van der Waals surface area contributed by atoms with Crippen LogP contribution in [0.3, 0.4) is 0 Å². The number of methoxy groups -OCH3 is 1. The minimum atomic E-state index is -1.27. The summed E-state index contributed by atoms with van der Waals surface area (Å²) in [7, 11) is 1.48. The molecule has 0 unspecified atom stereocenters. The highest BCUT2D eigenvalue weighted by Gasteiger charge is 2.25. The molecule has 11 heteroatoms. The number of aromatic nitrogens is 2. The lowest BCUT2D eigenvalue weighted by Crippen LogP contribution is -2.40. The summed E-state index contributed by atoms with van der Waals surface area (Å²) < 4.78 is 46.8. The highest BCUT2D eigenvalue weighted by atomic mass is 19.1. The molecule has 0 radical (unpaired) electrons. The Morgan fingerprint density at radius 1 is 1.12 bits per heavy atom. The number of ether oxygens (including phenoxy) is 1. The third-order valence-electron chi connectivity index (χ3n) is 5.05. The summed E-state index contributed by atoms with van der Waals surface area (Å²) in [5.74, 6) is -2.98. The van der Waals surface area contributed by atoms with Crippen LogP contribution in [0.15, 0.2) is 48.7 Å². The van der Waals surface area contributed by atoms with Gasteiger partial charge in [0.2, 0.25) is 5.95 Å². The predicted octanol–water partition coefficient (Wildman–Crippen LogP) is 4.84. The molecule has 0 fully saturated rings. The fourth-order valence-electron chi connectivity index (χ4n) is 2.82. The summed E-state index contributed by atoms with van der Waals surface area (Å²) in [6.45, 7) is 4.94. The number of urea groups is 1. The van der Waals surface area contributed by atoms with Gasteiger partial charge in [-0.3, -0.25) is 0 Å². The molecule has 3 rings (SSSR count). The normalized spacial score (nSPS) is 12.1. The molecule has 0 saturated carbocycles. The number of halogens is 3. The molecule has 1 heterocycles. The average Bonchev–Trinajstić information content (AvgIpc) is 2.76. The summed E-state index contributed by atoms with van der Waals surface area (Å²) in [6.07, 6.45) is 1.38. The Morgan fingerprint density at radius 3 is 2.29 bits per heavy atom. The lowest BCUT2D eigenvalue weighted by atomic mass is 10.0. The standard InChI is InChI=1S/C23H24F3N5O3/c1-13(23(2,3)33)28-21-27-10-9-19(29-21)31(15-5-7-16(34-4)8-6-15)22(32)30-20-17(25)11-14(24)12-18(20)26/h5-13,33H,1-4H3,(H,30,32)(H,27,28,29)/t13-/m0/s1. The van der Waals surface area contributed by atoms with Gasteiger partial charge < -0.3 is 20.5 Å². The molecule has 1 atom stereocenters. The van der Waals surface area contributed by atoms with Gasteiger partial charge >= 0.3 is 6.03 Å². The van der Waals surface area contributed by atoms with Crippen molar-refractivity contribution in [1.82, 2.24) is 9.97 Å². The number of nitrogens with one attached hydrogen (secondary N) is 2. The van der Waals surface area contributed by atoms with Crippen LogP contribution >= 0.6 is 0 Å². The average molecular weight is 475 g/mol. The second-order valence-electron chi connectivity index (χ2n) is 7.97. The molecule has 0 bridgehead atoms. The van der Waals surface area contributed by atoms with E-state index in [9.17, 15) is 23.1 Å². The minimum Gasteiger partial charge on any atom is -0.497 e. The van der Waals surface area contributed by atoms with Gasteiger partial charge in [-0.25, -0.2) is 27.8 Å². The maximum absolute atomic E-state index is 14.2. The van der Waals surface area contributed by atoms with E-state index in [1.165, 1.54) is 19.4 Å². The van der Waals surface area contributed by atoms with E-state index in [1.807, 2.05) is 0 Å². The fourth-order valence-corrected chi connectivity index (χ4v) is 2.82. The molecule has 0 spiro atoms. The fraction of sp³-hybridized carbons (Fsp3) is 0.261. The van der Waals surface area contributed by atoms with Crippen LogP contribution in [0.25, 0.3) is 0 Å². The summed E-state index contributed by atoms with van der Waals surface area (Å²) in [6, 6.07) is 7.19. The zero-order valence-corrected chi connectivity index (χ0v) is 18.9. The third-order valence-corrected chi connectivity index (χ3v) is 5.05. The number of aliphatic hydroxyl groups is 1. The number of carbonyl (C=O) groups is 1. The van der Waals surface area contributed by atoms with E-state index in [4.69, 9.17) is 4.74 Å². The molecule has 34 heavy (non-hydrogen) atoms. The molecule has 1 aromatic heterocycles. The molecule has 2 aromatic carbocycles. The lowest BCUT2D eigenvalue weighted by Gasteiger charge is -2.27. The summed E-state index contributed by atoms with van der Waals surface area (Å²) >= 11 is 0. The van der Waals surface area contributed by atoms with Crippen molar-refractivity contribution in [3.63, 3.8) is 0 Å². The first-order chi connectivity index (χ1) is 16.0. The van der Waals surface area contributed by atoms with E-state index < -0.39 is 40.8 Å². The van der Waals surface area contributed by atoms with E-state index in [2.05, 4.69) is 20.6 Å². The van der Waals surface area contributed by atoms with Crippen molar-refractivity contribution in [2.45, 2.75) is 32.4 Å². The van der Waals surface area contributed by atoms with Crippen molar-refractivity contribution in [2.24, 2.45) is 0 Å². The van der Waals surface area contributed by atoms with E-state index >= 15 is 0 Å². The molecular formula is C23H24F3N5O3. The summed E-state index contributed by atoms with van der Waals surface area (Å²) in [4.78, 5) is 22.7. The lowest BCUT2D eigenvalue weighted by molar-refractivity contribution is 0.0646. The van der Waals surface area contributed by atoms with Crippen LogP contribution in [-0.4, -0.2) is 39.9 Å². The zero-order valence-electron chi connectivity index (χ0n) is 18.9. The Kier molecular flexibility index (Phi) is 7.26. The van der Waals surface area contributed by atoms with Gasteiger partial charge in [-0.2, -0.15) is 4.98 Å². The van der Waals surface area contributed by atoms with Crippen molar-refractivity contribution in [2.75, 3.05) is 22.6 Å². The van der Waals surface area contributed by atoms with Crippen LogP contribution in [-0.2, 0) is 0 Å². The van der Waals surface area contributed by atoms with Gasteiger partial charge in [-0.05, 0) is 45.0 Å². The maximum atomic E-state index is 14.2. The number of hydrogen-bond acceptors (Lipinski definition) is 6. The maximum Gasteiger partial charge on any atom is 0.332 e. The van der Waals surface area contributed by atoms with Crippen LogP contribution in [0, 0.1) is 17.5 Å². The smallest absolute Gasteiger partial charge is 0.332 e. The molecular weight excluding hydrogens is 451 g/mol. The van der Waals surface area contributed by atoms with E-state index in [0.29, 0.717) is 23.6 Å². The highest BCUT2D eigenvalue weighted by Crippen LogP contribution is 2.29. The number of amides is 2. The zero-order chi connectivity index (χ0) is 25.0. The summed E-state index contributed by atoms with van der Waals surface area (Å²) in [5, 5.41) is 15.3. The van der Waals surface area contributed by atoms with E-state index in [1.54, 1.807) is 45.0 Å². The molecule has 0 aliphatic carbocycles. The van der Waals surface area contributed by atoms with Crippen LogP contribution < -0.4 is 20.3 Å².